The standard InChI is InChI=1S/C15H13FN4/c16-12-7-13(9-4-2-1-3-5-9)20-15(12)18-14(19-20)11-6-10(11)8-17/h1-5,10-13H,6-7H2. The Morgan fingerprint density at radius 2 is 2.05 bits per heavy atom. The molecule has 0 saturated heterocycles. The first kappa shape index (κ1) is 11.6. The molecule has 2 aliphatic rings. The van der Waals surface area contributed by atoms with Crippen LogP contribution in [0.5, 0.6) is 0 Å². The van der Waals surface area contributed by atoms with Crippen LogP contribution in [0.1, 0.15) is 48.2 Å². The van der Waals surface area contributed by atoms with Crippen LogP contribution in [0.25, 0.3) is 0 Å². The fraction of sp³-hybridized carbons (Fsp3) is 0.400. The second kappa shape index (κ2) is 4.14. The van der Waals surface area contributed by atoms with Crippen LogP contribution in [0.3, 0.4) is 0 Å². The average molecular weight is 268 g/mol. The Labute approximate surface area is 115 Å². The van der Waals surface area contributed by atoms with Gasteiger partial charge in [0.1, 0.15) is 0 Å². The van der Waals surface area contributed by atoms with Crippen LogP contribution in [0.15, 0.2) is 30.3 Å². The van der Waals surface area contributed by atoms with Crippen molar-refractivity contribution in [1.29, 1.82) is 5.26 Å². The normalized spacial score (nSPS) is 30.8. The number of hydrogen-bond acceptors (Lipinski definition) is 3. The van der Waals surface area contributed by atoms with Gasteiger partial charge >= 0.3 is 0 Å². The summed E-state index contributed by atoms with van der Waals surface area (Å²) in [4.78, 5) is 4.33. The molecule has 100 valence electrons. The third kappa shape index (κ3) is 1.64. The number of alkyl halides is 1. The van der Waals surface area contributed by atoms with Gasteiger partial charge in [-0.3, -0.25) is 0 Å². The van der Waals surface area contributed by atoms with E-state index in [-0.39, 0.29) is 17.9 Å². The number of fused-ring (bicyclic) bond motifs is 1. The third-order valence-electron chi connectivity index (χ3n) is 4.15. The van der Waals surface area contributed by atoms with Gasteiger partial charge in [0.2, 0.25) is 0 Å². The molecular formula is C15H13FN4. The molecule has 1 aliphatic heterocycles. The molecule has 4 nitrogen and oxygen atoms in total. The van der Waals surface area contributed by atoms with Gasteiger partial charge in [0.05, 0.1) is 18.0 Å². The smallest absolute Gasteiger partial charge is 0.162 e. The number of nitriles is 1. The second-order valence-corrected chi connectivity index (χ2v) is 5.48. The van der Waals surface area contributed by atoms with Crippen LogP contribution in [-0.2, 0) is 0 Å². The molecule has 0 radical (unpaired) electrons. The zero-order chi connectivity index (χ0) is 13.7. The molecule has 1 aromatic carbocycles. The maximum Gasteiger partial charge on any atom is 0.162 e. The first-order valence-corrected chi connectivity index (χ1v) is 6.83. The number of benzene rings is 1. The molecule has 1 fully saturated rings. The van der Waals surface area contributed by atoms with E-state index in [4.69, 9.17) is 5.26 Å². The molecule has 1 saturated carbocycles. The molecule has 0 spiro atoms. The van der Waals surface area contributed by atoms with Crippen molar-refractivity contribution in [2.24, 2.45) is 5.92 Å². The molecule has 4 atom stereocenters. The average Bonchev–Trinajstić information content (AvgIpc) is 3.04. The number of nitrogens with zero attached hydrogens (tertiary/aromatic N) is 4. The number of aromatic nitrogens is 3. The van der Waals surface area contributed by atoms with Gasteiger partial charge in [0.15, 0.2) is 17.8 Å². The quantitative estimate of drug-likeness (QED) is 0.841. The zero-order valence-electron chi connectivity index (χ0n) is 10.8. The van der Waals surface area contributed by atoms with Gasteiger partial charge in [0, 0.05) is 12.3 Å². The maximum atomic E-state index is 14.1. The van der Waals surface area contributed by atoms with E-state index in [1.54, 1.807) is 4.68 Å². The van der Waals surface area contributed by atoms with E-state index in [0.717, 1.165) is 12.0 Å². The summed E-state index contributed by atoms with van der Waals surface area (Å²) < 4.78 is 15.9. The molecule has 4 unspecified atom stereocenters. The first-order chi connectivity index (χ1) is 9.78. The lowest BCUT2D eigenvalue weighted by molar-refractivity contribution is 0.328. The van der Waals surface area contributed by atoms with Crippen molar-refractivity contribution in [3.8, 4) is 6.07 Å². The minimum atomic E-state index is -1.07. The summed E-state index contributed by atoms with van der Waals surface area (Å²) in [6, 6.07) is 12.0. The van der Waals surface area contributed by atoms with E-state index in [1.807, 2.05) is 30.3 Å². The summed E-state index contributed by atoms with van der Waals surface area (Å²) in [5.41, 5.74) is 1.05. The minimum Gasteiger partial charge on any atom is -0.239 e. The SMILES string of the molecule is N#CC1CC1c1nc2n(n1)C(c1ccccc1)CC2F. The van der Waals surface area contributed by atoms with Crippen LogP contribution in [-0.4, -0.2) is 14.8 Å². The topological polar surface area (TPSA) is 54.5 Å². The van der Waals surface area contributed by atoms with Crippen LogP contribution in [0, 0.1) is 17.2 Å². The second-order valence-electron chi connectivity index (χ2n) is 5.48. The van der Waals surface area contributed by atoms with E-state index in [1.165, 1.54) is 0 Å². The van der Waals surface area contributed by atoms with Gasteiger partial charge in [-0.2, -0.15) is 10.4 Å². The molecule has 0 amide bonds. The van der Waals surface area contributed by atoms with Crippen LogP contribution in [0.2, 0.25) is 0 Å². The Bertz CT molecular complexity index is 688. The van der Waals surface area contributed by atoms with Gasteiger partial charge in [-0.05, 0) is 12.0 Å². The fourth-order valence-corrected chi connectivity index (χ4v) is 2.93. The van der Waals surface area contributed by atoms with Gasteiger partial charge < -0.3 is 0 Å². The van der Waals surface area contributed by atoms with Gasteiger partial charge in [-0.15, -0.1) is 0 Å². The predicted octanol–water partition coefficient (Wildman–Crippen LogP) is 2.91. The Morgan fingerprint density at radius 1 is 1.25 bits per heavy atom. The van der Waals surface area contributed by atoms with Gasteiger partial charge in [0.25, 0.3) is 0 Å². The Morgan fingerprint density at radius 3 is 2.75 bits per heavy atom. The molecule has 1 aromatic heterocycles. The minimum absolute atomic E-state index is 0.00589. The van der Waals surface area contributed by atoms with Crippen molar-refractivity contribution in [1.82, 2.24) is 14.8 Å². The highest BCUT2D eigenvalue weighted by molar-refractivity contribution is 5.25. The highest BCUT2D eigenvalue weighted by Gasteiger charge is 2.44. The molecule has 0 bridgehead atoms. The number of rotatable bonds is 2. The monoisotopic (exact) mass is 268 g/mol. The summed E-state index contributed by atoms with van der Waals surface area (Å²) >= 11 is 0. The van der Waals surface area contributed by atoms with Gasteiger partial charge in [-0.25, -0.2) is 14.1 Å². The van der Waals surface area contributed by atoms with Gasteiger partial charge in [-0.1, -0.05) is 30.3 Å². The lowest BCUT2D eigenvalue weighted by atomic mass is 10.0. The van der Waals surface area contributed by atoms with Crippen molar-refractivity contribution in [3.63, 3.8) is 0 Å². The van der Waals surface area contributed by atoms with E-state index in [2.05, 4.69) is 16.2 Å². The van der Waals surface area contributed by atoms with E-state index >= 15 is 0 Å². The van der Waals surface area contributed by atoms with Crippen molar-refractivity contribution < 1.29 is 4.39 Å². The molecule has 4 rings (SSSR count). The summed E-state index contributed by atoms with van der Waals surface area (Å²) in [7, 11) is 0. The molecule has 2 heterocycles. The third-order valence-corrected chi connectivity index (χ3v) is 4.15. The summed E-state index contributed by atoms with van der Waals surface area (Å²) in [5, 5.41) is 13.4. The van der Waals surface area contributed by atoms with Crippen LogP contribution >= 0.6 is 0 Å². The summed E-state index contributed by atoms with van der Waals surface area (Å²) in [5.74, 6) is 1.15. The number of hydrogen-bond donors (Lipinski definition) is 0. The van der Waals surface area contributed by atoms with Crippen LogP contribution < -0.4 is 0 Å². The van der Waals surface area contributed by atoms with Crippen molar-refractivity contribution >= 4 is 0 Å². The largest absolute Gasteiger partial charge is 0.239 e. The molecular weight excluding hydrogens is 255 g/mol. The first-order valence-electron chi connectivity index (χ1n) is 6.83. The fourth-order valence-electron chi connectivity index (χ4n) is 2.93. The van der Waals surface area contributed by atoms with E-state index in [9.17, 15) is 4.39 Å². The van der Waals surface area contributed by atoms with E-state index in [0.29, 0.717) is 18.1 Å². The Kier molecular flexibility index (Phi) is 2.40. The highest BCUT2D eigenvalue weighted by Crippen LogP contribution is 2.47. The van der Waals surface area contributed by atoms with E-state index < -0.39 is 6.17 Å². The molecule has 20 heavy (non-hydrogen) atoms. The molecule has 5 heteroatoms. The van der Waals surface area contributed by atoms with Crippen molar-refractivity contribution in [2.45, 2.75) is 31.0 Å². The summed E-state index contributed by atoms with van der Waals surface area (Å²) in [6.45, 7) is 0. The Hall–Kier alpha value is -2.22. The zero-order valence-corrected chi connectivity index (χ0v) is 10.8. The maximum absolute atomic E-state index is 14.1. The predicted molar refractivity (Wildman–Crippen MR) is 69.5 cm³/mol. The highest BCUT2D eigenvalue weighted by atomic mass is 19.1. The Balaban J connectivity index is 1.70. The molecule has 2 aromatic rings. The lowest BCUT2D eigenvalue weighted by Crippen LogP contribution is -2.07. The molecule has 1 aliphatic carbocycles. The number of halogens is 1. The lowest BCUT2D eigenvalue weighted by Gasteiger charge is -2.11. The van der Waals surface area contributed by atoms with Crippen LogP contribution in [0.4, 0.5) is 4.39 Å². The van der Waals surface area contributed by atoms with Crippen molar-refractivity contribution in [3.05, 3.63) is 47.5 Å². The summed E-state index contributed by atoms with van der Waals surface area (Å²) in [6.07, 6.45) is 0.125. The molecule has 0 N–H and O–H groups in total. The van der Waals surface area contributed by atoms with Crippen molar-refractivity contribution in [2.75, 3.05) is 0 Å².